The van der Waals surface area contributed by atoms with E-state index in [9.17, 15) is 4.79 Å². The molecule has 1 aromatic carbocycles. The highest BCUT2D eigenvalue weighted by Gasteiger charge is 2.15. The number of amides is 1. The monoisotopic (exact) mass is 236 g/mol. The average Bonchev–Trinajstić information content (AvgIpc) is 2.33. The first kappa shape index (κ1) is 13.7. The predicted octanol–water partition coefficient (Wildman–Crippen LogP) is 1.76. The van der Waals surface area contributed by atoms with E-state index in [2.05, 4.69) is 5.32 Å². The highest BCUT2D eigenvalue weighted by Crippen LogP contribution is 2.17. The van der Waals surface area contributed by atoms with Crippen molar-refractivity contribution in [3.8, 4) is 0 Å². The third-order valence-corrected chi connectivity index (χ3v) is 2.72. The number of hydrogen-bond donors (Lipinski definition) is 2. The summed E-state index contributed by atoms with van der Waals surface area (Å²) < 4.78 is 5.09. The van der Waals surface area contributed by atoms with E-state index in [1.807, 2.05) is 31.2 Å². The van der Waals surface area contributed by atoms with Crippen LogP contribution in [-0.2, 0) is 16.1 Å². The second kappa shape index (κ2) is 7.04. The van der Waals surface area contributed by atoms with Gasteiger partial charge in [-0.1, -0.05) is 25.1 Å². The summed E-state index contributed by atoms with van der Waals surface area (Å²) in [6.07, 6.45) is 0.745. The number of rotatable bonds is 6. The van der Waals surface area contributed by atoms with Gasteiger partial charge >= 0.3 is 0 Å². The third-order valence-electron chi connectivity index (χ3n) is 2.72. The molecule has 0 aliphatic heterocycles. The van der Waals surface area contributed by atoms with Gasteiger partial charge in [0.25, 0.3) is 0 Å². The Morgan fingerprint density at radius 2 is 2.18 bits per heavy atom. The summed E-state index contributed by atoms with van der Waals surface area (Å²) in [4.78, 5) is 11.9. The van der Waals surface area contributed by atoms with Gasteiger partial charge in [-0.05, 0) is 12.5 Å². The van der Waals surface area contributed by atoms with Crippen molar-refractivity contribution >= 4 is 11.6 Å². The lowest BCUT2D eigenvalue weighted by Crippen LogP contribution is -2.29. The van der Waals surface area contributed by atoms with Crippen LogP contribution in [0.3, 0.4) is 0 Å². The van der Waals surface area contributed by atoms with Crippen LogP contribution in [0, 0.1) is 5.92 Å². The first-order valence-electron chi connectivity index (χ1n) is 5.80. The molecule has 0 aromatic heterocycles. The van der Waals surface area contributed by atoms with Gasteiger partial charge < -0.3 is 15.8 Å². The first-order chi connectivity index (χ1) is 8.22. The fraction of sp³-hybridized carbons (Fsp3) is 0.462. The van der Waals surface area contributed by atoms with Gasteiger partial charge in [-0.15, -0.1) is 0 Å². The molecule has 0 saturated heterocycles. The van der Waals surface area contributed by atoms with Crippen molar-refractivity contribution in [2.45, 2.75) is 20.0 Å². The molecule has 1 atom stereocenters. The van der Waals surface area contributed by atoms with E-state index in [0.29, 0.717) is 13.2 Å². The molecule has 1 amide bonds. The maximum absolute atomic E-state index is 11.9. The van der Waals surface area contributed by atoms with Crippen LogP contribution in [0.1, 0.15) is 18.9 Å². The molecule has 94 valence electrons. The minimum absolute atomic E-state index is 0.0291. The number of nitrogens with two attached hydrogens (primary N) is 1. The molecule has 0 heterocycles. The second-order valence-electron chi connectivity index (χ2n) is 3.92. The summed E-state index contributed by atoms with van der Waals surface area (Å²) in [6.45, 7) is 2.81. The number of carbonyl (C=O) groups is 1. The first-order valence-corrected chi connectivity index (χ1v) is 5.80. The minimum Gasteiger partial charge on any atom is -0.380 e. The quantitative estimate of drug-likeness (QED) is 0.791. The Bertz CT molecular complexity index is 362. The SMILES string of the molecule is CCC(CN)C(=O)Nc1ccccc1COC. The van der Waals surface area contributed by atoms with E-state index in [4.69, 9.17) is 10.5 Å². The zero-order valence-electron chi connectivity index (χ0n) is 10.4. The van der Waals surface area contributed by atoms with Crippen molar-refractivity contribution in [1.29, 1.82) is 0 Å². The van der Waals surface area contributed by atoms with Crippen molar-refractivity contribution < 1.29 is 9.53 Å². The fourth-order valence-electron chi connectivity index (χ4n) is 1.62. The Balaban J connectivity index is 2.76. The topological polar surface area (TPSA) is 64.4 Å². The molecular weight excluding hydrogens is 216 g/mol. The fourth-order valence-corrected chi connectivity index (χ4v) is 1.62. The number of benzene rings is 1. The number of nitrogens with one attached hydrogen (secondary N) is 1. The van der Waals surface area contributed by atoms with Crippen LogP contribution in [0.4, 0.5) is 5.69 Å². The molecule has 0 radical (unpaired) electrons. The lowest BCUT2D eigenvalue weighted by molar-refractivity contribution is -0.119. The summed E-state index contributed by atoms with van der Waals surface area (Å²) >= 11 is 0. The van der Waals surface area contributed by atoms with E-state index < -0.39 is 0 Å². The third kappa shape index (κ3) is 3.84. The molecule has 4 heteroatoms. The van der Waals surface area contributed by atoms with Crippen LogP contribution in [0.2, 0.25) is 0 Å². The van der Waals surface area contributed by atoms with Gasteiger partial charge in [0, 0.05) is 24.9 Å². The van der Waals surface area contributed by atoms with Crippen LogP contribution in [0.5, 0.6) is 0 Å². The van der Waals surface area contributed by atoms with Gasteiger partial charge in [0.05, 0.1) is 12.5 Å². The molecule has 0 spiro atoms. The van der Waals surface area contributed by atoms with E-state index >= 15 is 0 Å². The Labute approximate surface area is 102 Å². The zero-order chi connectivity index (χ0) is 12.7. The maximum atomic E-state index is 11.9. The maximum Gasteiger partial charge on any atom is 0.228 e. The van der Waals surface area contributed by atoms with Gasteiger partial charge in [0.2, 0.25) is 5.91 Å². The number of carbonyl (C=O) groups excluding carboxylic acids is 1. The molecule has 0 bridgehead atoms. The lowest BCUT2D eigenvalue weighted by Gasteiger charge is -2.15. The number of para-hydroxylation sites is 1. The van der Waals surface area contributed by atoms with Crippen molar-refractivity contribution in [3.63, 3.8) is 0 Å². The Morgan fingerprint density at radius 1 is 1.47 bits per heavy atom. The van der Waals surface area contributed by atoms with Gasteiger partial charge in [-0.3, -0.25) is 4.79 Å². The van der Waals surface area contributed by atoms with E-state index in [1.54, 1.807) is 7.11 Å². The molecule has 0 aliphatic rings. The summed E-state index contributed by atoms with van der Waals surface area (Å²) in [5.74, 6) is -0.163. The van der Waals surface area contributed by atoms with Gasteiger partial charge in [-0.2, -0.15) is 0 Å². The Morgan fingerprint density at radius 3 is 2.76 bits per heavy atom. The van der Waals surface area contributed by atoms with Crippen LogP contribution in [0.15, 0.2) is 24.3 Å². The van der Waals surface area contributed by atoms with Gasteiger partial charge in [0.15, 0.2) is 0 Å². The summed E-state index contributed by atoms with van der Waals surface area (Å²) in [6, 6.07) is 7.61. The van der Waals surface area contributed by atoms with Crippen molar-refractivity contribution in [2.75, 3.05) is 19.0 Å². The van der Waals surface area contributed by atoms with E-state index in [1.165, 1.54) is 0 Å². The van der Waals surface area contributed by atoms with Crippen LogP contribution >= 0.6 is 0 Å². The molecule has 0 aliphatic carbocycles. The average molecular weight is 236 g/mol. The van der Waals surface area contributed by atoms with Gasteiger partial charge in [0.1, 0.15) is 0 Å². The molecule has 4 nitrogen and oxygen atoms in total. The second-order valence-corrected chi connectivity index (χ2v) is 3.92. The highest BCUT2D eigenvalue weighted by molar-refractivity contribution is 5.93. The summed E-state index contributed by atoms with van der Waals surface area (Å²) in [5, 5.41) is 2.90. The smallest absolute Gasteiger partial charge is 0.228 e. The molecule has 3 N–H and O–H groups in total. The highest BCUT2D eigenvalue weighted by atomic mass is 16.5. The lowest BCUT2D eigenvalue weighted by atomic mass is 10.1. The molecule has 1 rings (SSSR count). The number of methoxy groups -OCH3 is 1. The number of hydrogen-bond acceptors (Lipinski definition) is 3. The van der Waals surface area contributed by atoms with Crippen LogP contribution < -0.4 is 11.1 Å². The molecular formula is C13H20N2O2. The number of ether oxygens (including phenoxy) is 1. The Hall–Kier alpha value is -1.39. The normalized spacial score (nSPS) is 12.2. The van der Waals surface area contributed by atoms with Crippen molar-refractivity contribution in [2.24, 2.45) is 11.7 Å². The molecule has 17 heavy (non-hydrogen) atoms. The minimum atomic E-state index is -0.134. The molecule has 0 fully saturated rings. The molecule has 0 saturated carbocycles. The van der Waals surface area contributed by atoms with Crippen LogP contribution in [0.25, 0.3) is 0 Å². The Kier molecular flexibility index (Phi) is 5.66. The summed E-state index contributed by atoms with van der Waals surface area (Å²) in [5.41, 5.74) is 7.31. The molecule has 1 unspecified atom stereocenters. The van der Waals surface area contributed by atoms with Crippen molar-refractivity contribution in [1.82, 2.24) is 0 Å². The summed E-state index contributed by atoms with van der Waals surface area (Å²) in [7, 11) is 1.63. The standard InChI is InChI=1S/C13H20N2O2/c1-3-10(8-14)13(16)15-12-7-5-4-6-11(12)9-17-2/h4-7,10H,3,8-9,14H2,1-2H3,(H,15,16). The predicted molar refractivity (Wildman–Crippen MR) is 68.6 cm³/mol. The van der Waals surface area contributed by atoms with Crippen molar-refractivity contribution in [3.05, 3.63) is 29.8 Å². The number of anilines is 1. The van der Waals surface area contributed by atoms with E-state index in [0.717, 1.165) is 17.7 Å². The zero-order valence-corrected chi connectivity index (χ0v) is 10.4. The van der Waals surface area contributed by atoms with Crippen LogP contribution in [-0.4, -0.2) is 19.6 Å². The largest absolute Gasteiger partial charge is 0.380 e. The molecule has 1 aromatic rings. The van der Waals surface area contributed by atoms with E-state index in [-0.39, 0.29) is 11.8 Å². The van der Waals surface area contributed by atoms with Gasteiger partial charge in [-0.25, -0.2) is 0 Å².